The van der Waals surface area contributed by atoms with Crippen LogP contribution in [-0.4, -0.2) is 46.5 Å². The number of carbonyl (C=O) groups excluding carboxylic acids is 1. The van der Waals surface area contributed by atoms with E-state index in [-0.39, 0.29) is 11.0 Å². The number of rotatable bonds is 4. The van der Waals surface area contributed by atoms with Crippen LogP contribution in [0.2, 0.25) is 0 Å². The maximum absolute atomic E-state index is 12.9. The van der Waals surface area contributed by atoms with Crippen LogP contribution in [0, 0.1) is 0 Å². The molecule has 1 aliphatic heterocycles. The Kier molecular flexibility index (Phi) is 5.81. The molecule has 1 aromatic carbocycles. The number of nitrogens with one attached hydrogen (secondary N) is 1. The molecule has 1 aliphatic rings. The maximum atomic E-state index is 12.9. The van der Waals surface area contributed by atoms with Crippen molar-refractivity contribution in [2.75, 3.05) is 6.54 Å². The first-order chi connectivity index (χ1) is 15.8. The van der Waals surface area contributed by atoms with Crippen molar-refractivity contribution in [2.24, 2.45) is 0 Å². The normalized spacial score (nSPS) is 17.2. The molecule has 3 heterocycles. The lowest BCUT2D eigenvalue weighted by molar-refractivity contribution is -0.123. The van der Waals surface area contributed by atoms with E-state index in [1.54, 1.807) is 23.5 Å². The van der Waals surface area contributed by atoms with Gasteiger partial charge in [-0.25, -0.2) is 4.98 Å². The second kappa shape index (κ2) is 8.24. The van der Waals surface area contributed by atoms with Gasteiger partial charge in [0.1, 0.15) is 17.8 Å². The van der Waals surface area contributed by atoms with Crippen LogP contribution in [0.4, 0.5) is 13.2 Å². The molecule has 11 heteroatoms. The van der Waals surface area contributed by atoms with E-state index >= 15 is 0 Å². The molecule has 0 saturated carbocycles. The number of amides is 1. The van der Waals surface area contributed by atoms with Crippen molar-refractivity contribution in [3.63, 3.8) is 0 Å². The fraction of sp³-hybridized carbons (Fsp3) is 0.348. The molecule has 1 amide bonds. The van der Waals surface area contributed by atoms with E-state index in [1.165, 1.54) is 29.1 Å². The van der Waals surface area contributed by atoms with Crippen molar-refractivity contribution in [1.29, 1.82) is 0 Å². The zero-order valence-electron chi connectivity index (χ0n) is 19.1. The summed E-state index contributed by atoms with van der Waals surface area (Å²) in [7, 11) is -0.655. The number of hydrogen-bond acceptors (Lipinski definition) is 5. The van der Waals surface area contributed by atoms with Crippen LogP contribution < -0.4 is 16.2 Å². The quantitative estimate of drug-likeness (QED) is 0.590. The SMILES string of the molecule is CC1(C)OB(c2cccc(-n3cc(C(=O)NCC(F)(F)F)c(=O)c4cccnc43)c2)OC1(C)C. The third-order valence-corrected chi connectivity index (χ3v) is 6.13. The highest BCUT2D eigenvalue weighted by Crippen LogP contribution is 2.36. The highest BCUT2D eigenvalue weighted by Gasteiger charge is 2.51. The number of nitrogens with zero attached hydrogens (tertiary/aromatic N) is 2. The molecule has 4 rings (SSSR count). The van der Waals surface area contributed by atoms with E-state index in [0.717, 1.165) is 0 Å². The van der Waals surface area contributed by atoms with Gasteiger partial charge in [0.05, 0.1) is 16.6 Å². The number of fused-ring (bicyclic) bond motifs is 1. The molecule has 34 heavy (non-hydrogen) atoms. The van der Waals surface area contributed by atoms with E-state index in [0.29, 0.717) is 11.2 Å². The van der Waals surface area contributed by atoms with E-state index in [4.69, 9.17) is 9.31 Å². The summed E-state index contributed by atoms with van der Waals surface area (Å²) in [5, 5.41) is 1.86. The molecular weight excluding hydrogens is 450 g/mol. The summed E-state index contributed by atoms with van der Waals surface area (Å²) < 4.78 is 51.5. The molecule has 1 saturated heterocycles. The Balaban J connectivity index is 1.79. The monoisotopic (exact) mass is 473 g/mol. The highest BCUT2D eigenvalue weighted by atomic mass is 19.4. The molecule has 1 fully saturated rings. The number of carbonyl (C=O) groups is 1. The largest absolute Gasteiger partial charge is 0.494 e. The van der Waals surface area contributed by atoms with Crippen LogP contribution in [0.25, 0.3) is 16.7 Å². The minimum Gasteiger partial charge on any atom is -0.399 e. The molecule has 0 atom stereocenters. The molecule has 2 aromatic heterocycles. The minimum atomic E-state index is -4.61. The zero-order valence-corrected chi connectivity index (χ0v) is 19.1. The fourth-order valence-electron chi connectivity index (χ4n) is 3.59. The number of halogens is 3. The smallest absolute Gasteiger partial charge is 0.399 e. The number of aromatic nitrogens is 2. The van der Waals surface area contributed by atoms with Crippen LogP contribution in [0.5, 0.6) is 0 Å². The van der Waals surface area contributed by atoms with Crippen LogP contribution in [0.15, 0.2) is 53.6 Å². The lowest BCUT2D eigenvalue weighted by Crippen LogP contribution is -2.41. The van der Waals surface area contributed by atoms with Crippen LogP contribution >= 0.6 is 0 Å². The molecular formula is C23H23BF3N3O4. The van der Waals surface area contributed by atoms with Gasteiger partial charge in [0.25, 0.3) is 5.91 Å². The predicted molar refractivity (Wildman–Crippen MR) is 121 cm³/mol. The molecule has 1 N–H and O–H groups in total. The molecule has 3 aromatic rings. The Hall–Kier alpha value is -3.18. The van der Waals surface area contributed by atoms with Gasteiger partial charge in [-0.3, -0.25) is 9.59 Å². The summed E-state index contributed by atoms with van der Waals surface area (Å²) >= 11 is 0. The van der Waals surface area contributed by atoms with Gasteiger partial charge in [0.2, 0.25) is 5.43 Å². The fourth-order valence-corrected chi connectivity index (χ4v) is 3.59. The van der Waals surface area contributed by atoms with Crippen molar-refractivity contribution < 1.29 is 27.3 Å². The van der Waals surface area contributed by atoms with Gasteiger partial charge in [-0.05, 0) is 57.4 Å². The van der Waals surface area contributed by atoms with Crippen molar-refractivity contribution in [2.45, 2.75) is 45.1 Å². The Labute approximate surface area is 194 Å². The lowest BCUT2D eigenvalue weighted by atomic mass is 9.79. The van der Waals surface area contributed by atoms with Gasteiger partial charge in [0, 0.05) is 18.1 Å². The van der Waals surface area contributed by atoms with Gasteiger partial charge in [-0.15, -0.1) is 0 Å². The first-order valence-corrected chi connectivity index (χ1v) is 10.6. The van der Waals surface area contributed by atoms with Gasteiger partial charge in [-0.1, -0.05) is 12.1 Å². The molecule has 7 nitrogen and oxygen atoms in total. The average molecular weight is 473 g/mol. The summed E-state index contributed by atoms with van der Waals surface area (Å²) in [6, 6.07) is 10.1. The molecule has 0 bridgehead atoms. The Morgan fingerprint density at radius 3 is 2.44 bits per heavy atom. The predicted octanol–water partition coefficient (Wildman–Crippen LogP) is 2.98. The zero-order chi connectivity index (χ0) is 24.9. The third kappa shape index (κ3) is 4.45. The number of alkyl halides is 3. The molecule has 178 valence electrons. The standard InChI is InChI=1S/C23H23BF3N3O4/c1-21(2)22(3,4)34-24(33-21)14-7-5-8-15(11-14)30-12-17(20(32)29-13-23(25,26)27)18(31)16-9-6-10-28-19(16)30/h5-12H,13H2,1-4H3,(H,29,32). The lowest BCUT2D eigenvalue weighted by Gasteiger charge is -2.32. The van der Waals surface area contributed by atoms with E-state index in [1.807, 2.05) is 33.8 Å². The summed E-state index contributed by atoms with van der Waals surface area (Å²) in [5.41, 5.74) is -0.757. The third-order valence-electron chi connectivity index (χ3n) is 6.13. The maximum Gasteiger partial charge on any atom is 0.494 e. The first-order valence-electron chi connectivity index (χ1n) is 10.6. The second-order valence-corrected chi connectivity index (χ2v) is 9.10. The molecule has 0 spiro atoms. The second-order valence-electron chi connectivity index (χ2n) is 9.10. The Morgan fingerprint density at radius 2 is 1.79 bits per heavy atom. The van der Waals surface area contributed by atoms with Crippen molar-refractivity contribution >= 4 is 29.5 Å². The number of benzene rings is 1. The molecule has 0 aliphatic carbocycles. The Morgan fingerprint density at radius 1 is 1.12 bits per heavy atom. The van der Waals surface area contributed by atoms with E-state index in [9.17, 15) is 22.8 Å². The molecule has 0 unspecified atom stereocenters. The minimum absolute atomic E-state index is 0.100. The van der Waals surface area contributed by atoms with E-state index in [2.05, 4.69) is 4.98 Å². The van der Waals surface area contributed by atoms with Crippen molar-refractivity contribution in [3.8, 4) is 5.69 Å². The topological polar surface area (TPSA) is 82.5 Å². The van der Waals surface area contributed by atoms with Gasteiger partial charge >= 0.3 is 13.3 Å². The number of pyridine rings is 2. The first kappa shape index (κ1) is 24.0. The Bertz CT molecular complexity index is 1300. The van der Waals surface area contributed by atoms with Crippen LogP contribution in [0.3, 0.4) is 0 Å². The van der Waals surface area contributed by atoms with E-state index < -0.39 is 47.9 Å². The summed E-state index contributed by atoms with van der Waals surface area (Å²) in [5.74, 6) is -1.12. The van der Waals surface area contributed by atoms with Gasteiger partial charge in [0.15, 0.2) is 0 Å². The van der Waals surface area contributed by atoms with Crippen LogP contribution in [0.1, 0.15) is 38.1 Å². The van der Waals surface area contributed by atoms with Crippen molar-refractivity contribution in [1.82, 2.24) is 14.9 Å². The van der Waals surface area contributed by atoms with Crippen molar-refractivity contribution in [3.05, 3.63) is 64.6 Å². The summed E-state index contributed by atoms with van der Waals surface area (Å²) in [6.07, 6.45) is -1.92. The summed E-state index contributed by atoms with van der Waals surface area (Å²) in [4.78, 5) is 29.6. The average Bonchev–Trinajstić information content (AvgIpc) is 2.99. The number of hydrogen-bond donors (Lipinski definition) is 1. The van der Waals surface area contributed by atoms with Gasteiger partial charge in [-0.2, -0.15) is 13.2 Å². The van der Waals surface area contributed by atoms with Crippen LogP contribution in [-0.2, 0) is 9.31 Å². The molecule has 0 radical (unpaired) electrons. The summed E-state index contributed by atoms with van der Waals surface area (Å²) in [6.45, 7) is 6.18. The van der Waals surface area contributed by atoms with Gasteiger partial charge < -0.3 is 19.2 Å². The highest BCUT2D eigenvalue weighted by molar-refractivity contribution is 6.62.